The lowest BCUT2D eigenvalue weighted by atomic mass is 9.94. The highest BCUT2D eigenvalue weighted by Crippen LogP contribution is 2.29. The first-order chi connectivity index (χ1) is 14.0. The average molecular weight is 446 g/mol. The quantitative estimate of drug-likeness (QED) is 0.700. The van der Waals surface area contributed by atoms with E-state index < -0.39 is 26.8 Å². The Bertz CT molecular complexity index is 892. The predicted octanol–water partition coefficient (Wildman–Crippen LogP) is 2.59. The number of carbonyl (C=O) groups excluding carboxylic acids is 2. The van der Waals surface area contributed by atoms with E-state index in [0.717, 1.165) is 12.1 Å². The van der Waals surface area contributed by atoms with Crippen LogP contribution in [0.2, 0.25) is 0 Å². The van der Waals surface area contributed by atoms with Crippen molar-refractivity contribution in [2.24, 2.45) is 5.92 Å². The van der Waals surface area contributed by atoms with E-state index in [1.54, 1.807) is 16.7 Å². The van der Waals surface area contributed by atoms with Gasteiger partial charge < -0.3 is 9.80 Å². The van der Waals surface area contributed by atoms with Crippen molar-refractivity contribution in [1.82, 2.24) is 9.80 Å². The van der Waals surface area contributed by atoms with Gasteiger partial charge in [-0.3, -0.25) is 9.59 Å². The fourth-order valence-electron chi connectivity index (χ4n) is 3.86. The molecule has 1 aromatic carbocycles. The van der Waals surface area contributed by atoms with Gasteiger partial charge in [0.15, 0.2) is 9.84 Å². The summed E-state index contributed by atoms with van der Waals surface area (Å²) in [5, 5.41) is -0.460. The second kappa shape index (κ2) is 8.56. The molecular formula is C20H25F3N2O4S. The molecule has 0 saturated carbocycles. The number of sulfone groups is 1. The molecule has 0 N–H and O–H groups in total. The van der Waals surface area contributed by atoms with E-state index in [2.05, 4.69) is 0 Å². The largest absolute Gasteiger partial charge is 0.416 e. The Morgan fingerprint density at radius 2 is 1.50 bits per heavy atom. The summed E-state index contributed by atoms with van der Waals surface area (Å²) in [4.78, 5) is 28.6. The number of piperidine rings is 1. The Morgan fingerprint density at radius 1 is 0.933 bits per heavy atom. The fraction of sp³-hybridized carbons (Fsp3) is 0.600. The van der Waals surface area contributed by atoms with Crippen LogP contribution in [0, 0.1) is 5.92 Å². The molecule has 2 fully saturated rings. The lowest BCUT2D eigenvalue weighted by Gasteiger charge is -2.34. The van der Waals surface area contributed by atoms with Gasteiger partial charge >= 0.3 is 6.18 Å². The average Bonchev–Trinajstić information content (AvgIpc) is 2.85. The zero-order valence-electron chi connectivity index (χ0n) is 16.7. The summed E-state index contributed by atoms with van der Waals surface area (Å²) in [6, 6.07) is 4.11. The summed E-state index contributed by atoms with van der Waals surface area (Å²) in [5.41, 5.74) is -0.628. The number of likely N-dealkylation sites (tertiary alicyclic amines) is 1. The van der Waals surface area contributed by atoms with Crippen molar-refractivity contribution in [2.45, 2.75) is 37.6 Å². The van der Waals surface area contributed by atoms with Crippen LogP contribution in [0.3, 0.4) is 0 Å². The number of halogens is 3. The van der Waals surface area contributed by atoms with Crippen molar-refractivity contribution in [3.63, 3.8) is 0 Å². The second-order valence-corrected chi connectivity index (χ2v) is 10.5. The van der Waals surface area contributed by atoms with Gasteiger partial charge in [0.25, 0.3) is 5.91 Å². The van der Waals surface area contributed by atoms with Gasteiger partial charge in [0, 0.05) is 37.7 Å². The summed E-state index contributed by atoms with van der Waals surface area (Å²) in [6.45, 7) is 2.92. The molecule has 2 heterocycles. The minimum absolute atomic E-state index is 0.0365. The second-order valence-electron chi connectivity index (χ2n) is 7.93. The maximum atomic E-state index is 12.8. The van der Waals surface area contributed by atoms with Crippen LogP contribution < -0.4 is 0 Å². The first-order valence-electron chi connectivity index (χ1n) is 9.96. The molecule has 0 radical (unpaired) electrons. The predicted molar refractivity (Wildman–Crippen MR) is 105 cm³/mol. The number of nitrogens with zero attached hydrogens (tertiary/aromatic N) is 2. The van der Waals surface area contributed by atoms with Gasteiger partial charge in [0.05, 0.1) is 16.6 Å². The van der Waals surface area contributed by atoms with Crippen molar-refractivity contribution >= 4 is 21.7 Å². The fourth-order valence-corrected chi connectivity index (χ4v) is 5.20. The summed E-state index contributed by atoms with van der Waals surface area (Å²) in [5.74, 6) is -0.756. The molecule has 30 heavy (non-hydrogen) atoms. The van der Waals surface area contributed by atoms with E-state index in [9.17, 15) is 31.2 Å². The van der Waals surface area contributed by atoms with Crippen LogP contribution in [0.4, 0.5) is 13.2 Å². The molecule has 166 valence electrons. The van der Waals surface area contributed by atoms with Gasteiger partial charge in [0.1, 0.15) is 0 Å². The monoisotopic (exact) mass is 446 g/mol. The Hall–Kier alpha value is -2.10. The van der Waals surface area contributed by atoms with Crippen molar-refractivity contribution in [1.29, 1.82) is 0 Å². The zero-order chi connectivity index (χ0) is 22.1. The molecule has 0 aliphatic carbocycles. The SMILES string of the molecule is C[C@@H]1CCN(C(=O)C2CCN(C(=O)c3ccc(C(F)(F)F)cc3)CC2)CCS1(=O)=O. The number of rotatable bonds is 2. The number of amides is 2. The van der Waals surface area contributed by atoms with E-state index in [4.69, 9.17) is 0 Å². The highest BCUT2D eigenvalue weighted by atomic mass is 32.2. The van der Waals surface area contributed by atoms with Gasteiger partial charge in [-0.1, -0.05) is 0 Å². The molecule has 6 nitrogen and oxygen atoms in total. The van der Waals surface area contributed by atoms with Gasteiger partial charge in [-0.15, -0.1) is 0 Å². The minimum atomic E-state index is -4.45. The molecule has 0 spiro atoms. The van der Waals surface area contributed by atoms with Crippen molar-refractivity contribution in [3.05, 3.63) is 35.4 Å². The molecule has 0 bridgehead atoms. The molecule has 0 aromatic heterocycles. The molecule has 2 amide bonds. The maximum Gasteiger partial charge on any atom is 0.416 e. The van der Waals surface area contributed by atoms with Gasteiger partial charge in [-0.05, 0) is 50.5 Å². The molecule has 0 unspecified atom stereocenters. The van der Waals surface area contributed by atoms with Gasteiger partial charge in [-0.2, -0.15) is 13.2 Å². The van der Waals surface area contributed by atoms with Crippen molar-refractivity contribution in [3.8, 4) is 0 Å². The molecular weight excluding hydrogens is 421 g/mol. The van der Waals surface area contributed by atoms with Crippen LogP contribution in [0.5, 0.6) is 0 Å². The molecule has 1 atom stereocenters. The lowest BCUT2D eigenvalue weighted by molar-refractivity contribution is -0.138. The van der Waals surface area contributed by atoms with E-state index in [1.807, 2.05) is 0 Å². The van der Waals surface area contributed by atoms with E-state index in [1.165, 1.54) is 12.1 Å². The summed E-state index contributed by atoms with van der Waals surface area (Å²) >= 11 is 0. The third-order valence-electron chi connectivity index (χ3n) is 5.97. The smallest absolute Gasteiger partial charge is 0.341 e. The van der Waals surface area contributed by atoms with Crippen LogP contribution in [0.25, 0.3) is 0 Å². The summed E-state index contributed by atoms with van der Waals surface area (Å²) in [7, 11) is -3.18. The first-order valence-corrected chi connectivity index (χ1v) is 11.7. The Balaban J connectivity index is 1.56. The van der Waals surface area contributed by atoms with Crippen LogP contribution in [0.15, 0.2) is 24.3 Å². The number of benzene rings is 1. The zero-order valence-corrected chi connectivity index (χ0v) is 17.5. The number of carbonyl (C=O) groups is 2. The van der Waals surface area contributed by atoms with Crippen LogP contribution >= 0.6 is 0 Å². The molecule has 2 aliphatic rings. The van der Waals surface area contributed by atoms with Crippen LogP contribution in [-0.2, 0) is 20.8 Å². The van der Waals surface area contributed by atoms with E-state index in [0.29, 0.717) is 38.9 Å². The Morgan fingerprint density at radius 3 is 2.07 bits per heavy atom. The lowest BCUT2D eigenvalue weighted by Crippen LogP contribution is -2.45. The highest BCUT2D eigenvalue weighted by molar-refractivity contribution is 7.92. The van der Waals surface area contributed by atoms with Gasteiger partial charge in [0.2, 0.25) is 5.91 Å². The number of hydrogen-bond donors (Lipinski definition) is 0. The minimum Gasteiger partial charge on any atom is -0.341 e. The summed E-state index contributed by atoms with van der Waals surface area (Å²) in [6.07, 6.45) is -3.14. The molecule has 3 rings (SSSR count). The Kier molecular flexibility index (Phi) is 6.45. The standard InChI is InChI=1S/C20H25F3N2O4S/c1-14-6-9-25(12-13-30(14,28)29)19(27)16-7-10-24(11-8-16)18(26)15-2-4-17(5-3-15)20(21,22)23/h2-5,14,16H,6-13H2,1H3/t14-/m1/s1. The van der Waals surface area contributed by atoms with Gasteiger partial charge in [-0.25, -0.2) is 8.42 Å². The van der Waals surface area contributed by atoms with Crippen LogP contribution in [0.1, 0.15) is 42.1 Å². The topological polar surface area (TPSA) is 74.8 Å². The van der Waals surface area contributed by atoms with E-state index >= 15 is 0 Å². The van der Waals surface area contributed by atoms with E-state index in [-0.39, 0.29) is 35.6 Å². The van der Waals surface area contributed by atoms with Crippen molar-refractivity contribution < 1.29 is 31.2 Å². The maximum absolute atomic E-state index is 12.8. The number of alkyl halides is 3. The first kappa shape index (κ1) is 22.6. The Labute approximate surface area is 173 Å². The number of hydrogen-bond acceptors (Lipinski definition) is 4. The van der Waals surface area contributed by atoms with Crippen molar-refractivity contribution in [2.75, 3.05) is 31.9 Å². The molecule has 10 heteroatoms. The molecule has 1 aromatic rings. The van der Waals surface area contributed by atoms with Crippen LogP contribution in [-0.4, -0.2) is 67.2 Å². The third-order valence-corrected chi connectivity index (χ3v) is 8.18. The highest BCUT2D eigenvalue weighted by Gasteiger charge is 2.34. The molecule has 2 aliphatic heterocycles. The summed E-state index contributed by atoms with van der Waals surface area (Å²) < 4.78 is 62.1. The third kappa shape index (κ3) is 4.96. The normalized spacial score (nSPS) is 23.1. The molecule has 2 saturated heterocycles.